The summed E-state index contributed by atoms with van der Waals surface area (Å²) in [6, 6.07) is 8.06. The number of benzene rings is 1. The van der Waals surface area contributed by atoms with Crippen LogP contribution >= 0.6 is 0 Å². The van der Waals surface area contributed by atoms with E-state index in [4.69, 9.17) is 13.6 Å². The zero-order valence-electron chi connectivity index (χ0n) is 23.4. The molecule has 0 saturated heterocycles. The Hall–Kier alpha value is -1.32. The molecule has 190 valence electrons. The molecule has 33 heavy (non-hydrogen) atoms. The van der Waals surface area contributed by atoms with E-state index in [2.05, 4.69) is 85.2 Å². The van der Waals surface area contributed by atoms with Crippen LogP contribution in [0.2, 0.25) is 36.3 Å². The van der Waals surface area contributed by atoms with Crippen molar-refractivity contribution in [2.24, 2.45) is 0 Å². The predicted molar refractivity (Wildman–Crippen MR) is 144 cm³/mol. The van der Waals surface area contributed by atoms with E-state index in [-0.39, 0.29) is 16.1 Å². The molecule has 1 N–H and O–H groups in total. The lowest BCUT2D eigenvalue weighted by Crippen LogP contribution is -2.48. The molecule has 0 bridgehead atoms. The highest BCUT2D eigenvalue weighted by molar-refractivity contribution is 6.75. The largest absolute Gasteiger partial charge is 0.544 e. The van der Waals surface area contributed by atoms with E-state index < -0.39 is 28.3 Å². The van der Waals surface area contributed by atoms with E-state index >= 15 is 0 Å². The number of hydrogen-bond acceptors (Lipinski definition) is 4. The first-order valence-electron chi connectivity index (χ1n) is 12.0. The second-order valence-corrected chi connectivity index (χ2v) is 22.7. The van der Waals surface area contributed by atoms with Crippen molar-refractivity contribution in [3.8, 4) is 5.75 Å². The van der Waals surface area contributed by atoms with Gasteiger partial charge < -0.3 is 18.9 Å². The Morgan fingerprint density at radius 1 is 0.848 bits per heavy atom. The Labute approximate surface area is 205 Å². The lowest BCUT2D eigenvalue weighted by molar-refractivity contribution is 0.0485. The summed E-state index contributed by atoms with van der Waals surface area (Å²) in [7, 11) is -3.82. The minimum Gasteiger partial charge on any atom is -0.544 e. The quantitative estimate of drug-likeness (QED) is 0.379. The van der Waals surface area contributed by atoms with Gasteiger partial charge in [-0.1, -0.05) is 53.7 Å². The van der Waals surface area contributed by atoms with E-state index in [0.717, 1.165) is 11.3 Å². The van der Waals surface area contributed by atoms with Gasteiger partial charge in [-0.2, -0.15) is 0 Å². The minimum atomic E-state index is -1.94. The predicted octanol–water partition coefficient (Wildman–Crippen LogP) is 7.53. The summed E-state index contributed by atoms with van der Waals surface area (Å²) in [6.07, 6.45) is 0.248. The Bertz CT molecular complexity index is 769. The number of amides is 1. The average Bonchev–Trinajstić information content (AvgIpc) is 2.57. The number of nitrogens with one attached hydrogen (secondary N) is 1. The van der Waals surface area contributed by atoms with Gasteiger partial charge in [0.1, 0.15) is 11.4 Å². The monoisotopic (exact) mass is 495 g/mol. The molecule has 1 aromatic rings. The first-order valence-corrected chi connectivity index (χ1v) is 17.9. The van der Waals surface area contributed by atoms with Crippen LogP contribution in [0.25, 0.3) is 0 Å². The third kappa shape index (κ3) is 9.83. The molecule has 1 aromatic carbocycles. The van der Waals surface area contributed by atoms with Crippen molar-refractivity contribution in [1.29, 1.82) is 0 Å². The third-order valence-corrected chi connectivity index (χ3v) is 15.6. The SMILES string of the molecule is CC(C)(C)OC(=O)N[C@H](CO[Si](C)(C)C(C)(C)C)Cc1ccc(O[Si](C)(C)C(C)(C)C)cc1. The van der Waals surface area contributed by atoms with Crippen molar-refractivity contribution < 1.29 is 18.4 Å². The lowest BCUT2D eigenvalue weighted by Gasteiger charge is -2.37. The molecule has 0 aliphatic heterocycles. The van der Waals surface area contributed by atoms with Gasteiger partial charge in [0.05, 0.1) is 12.6 Å². The van der Waals surface area contributed by atoms with Crippen LogP contribution < -0.4 is 9.74 Å². The molecular formula is C26H49NO4Si2. The van der Waals surface area contributed by atoms with Crippen molar-refractivity contribution in [3.63, 3.8) is 0 Å². The summed E-state index contributed by atoms with van der Waals surface area (Å²) in [4.78, 5) is 12.5. The molecule has 1 rings (SSSR count). The van der Waals surface area contributed by atoms with E-state index in [0.29, 0.717) is 13.0 Å². The number of alkyl carbamates (subject to hydrolysis) is 1. The smallest absolute Gasteiger partial charge is 0.407 e. The Morgan fingerprint density at radius 3 is 1.76 bits per heavy atom. The summed E-state index contributed by atoms with van der Waals surface area (Å²) in [5, 5.41) is 3.28. The van der Waals surface area contributed by atoms with Gasteiger partial charge in [-0.15, -0.1) is 0 Å². The van der Waals surface area contributed by atoms with Crippen LogP contribution in [0.15, 0.2) is 24.3 Å². The van der Waals surface area contributed by atoms with Crippen LogP contribution in [-0.2, 0) is 15.6 Å². The molecule has 7 heteroatoms. The van der Waals surface area contributed by atoms with Crippen LogP contribution in [0.5, 0.6) is 5.75 Å². The minimum absolute atomic E-state index is 0.103. The van der Waals surface area contributed by atoms with E-state index in [1.807, 2.05) is 32.9 Å². The standard InChI is InChI=1S/C26H49NO4Si2/c1-24(2,3)30-23(28)27-21(19-29-32(10,11)25(4,5)6)18-20-14-16-22(17-15-20)31-33(12,13)26(7,8)9/h14-17,21H,18-19H2,1-13H3,(H,27,28)/t21-/m0/s1. The Balaban J connectivity index is 2.96. The van der Waals surface area contributed by atoms with Gasteiger partial charge in [-0.3, -0.25) is 0 Å². The molecule has 0 aromatic heterocycles. The molecule has 1 atom stereocenters. The lowest BCUT2D eigenvalue weighted by atomic mass is 10.1. The van der Waals surface area contributed by atoms with Gasteiger partial charge in [0.2, 0.25) is 8.32 Å². The molecule has 0 saturated carbocycles. The number of ether oxygens (including phenoxy) is 1. The third-order valence-electron chi connectivity index (χ3n) is 6.76. The first-order chi connectivity index (χ1) is 14.6. The average molecular weight is 496 g/mol. The molecule has 0 spiro atoms. The number of rotatable bonds is 8. The summed E-state index contributed by atoms with van der Waals surface area (Å²) >= 11 is 0. The van der Waals surface area contributed by atoms with E-state index in [9.17, 15) is 4.79 Å². The Kier molecular flexibility index (Phi) is 9.48. The van der Waals surface area contributed by atoms with Gasteiger partial charge in [0.15, 0.2) is 8.32 Å². The van der Waals surface area contributed by atoms with Crippen LogP contribution in [0.3, 0.4) is 0 Å². The molecule has 0 fully saturated rings. The normalized spacial score (nSPS) is 14.6. The highest BCUT2D eigenvalue weighted by Crippen LogP contribution is 2.38. The fraction of sp³-hybridized carbons (Fsp3) is 0.731. The maximum atomic E-state index is 12.5. The molecule has 0 heterocycles. The van der Waals surface area contributed by atoms with E-state index in [1.165, 1.54) is 0 Å². The molecule has 0 unspecified atom stereocenters. The number of hydrogen-bond donors (Lipinski definition) is 1. The fourth-order valence-corrected chi connectivity index (χ4v) is 4.66. The van der Waals surface area contributed by atoms with Crippen molar-refractivity contribution in [1.82, 2.24) is 5.32 Å². The van der Waals surface area contributed by atoms with Crippen molar-refractivity contribution >= 4 is 22.7 Å². The van der Waals surface area contributed by atoms with Gasteiger partial charge in [0, 0.05) is 0 Å². The van der Waals surface area contributed by atoms with Crippen molar-refractivity contribution in [3.05, 3.63) is 29.8 Å². The number of carbonyl (C=O) groups is 1. The van der Waals surface area contributed by atoms with Gasteiger partial charge in [-0.05, 0) is 81.2 Å². The summed E-state index contributed by atoms with van der Waals surface area (Å²) in [5.74, 6) is 0.902. The first kappa shape index (κ1) is 29.7. The van der Waals surface area contributed by atoms with Crippen molar-refractivity contribution in [2.45, 2.75) is 117 Å². The second-order valence-electron chi connectivity index (χ2n) is 13.1. The molecule has 5 nitrogen and oxygen atoms in total. The van der Waals surface area contributed by atoms with Crippen LogP contribution in [0.4, 0.5) is 4.79 Å². The van der Waals surface area contributed by atoms with Crippen LogP contribution in [0, 0.1) is 0 Å². The highest BCUT2D eigenvalue weighted by atomic mass is 28.4. The second kappa shape index (κ2) is 10.5. The fourth-order valence-electron chi connectivity index (χ4n) is 2.58. The molecular weight excluding hydrogens is 446 g/mol. The molecule has 0 aliphatic rings. The molecule has 1 amide bonds. The maximum Gasteiger partial charge on any atom is 0.407 e. The zero-order chi connectivity index (χ0) is 25.9. The highest BCUT2D eigenvalue weighted by Gasteiger charge is 2.39. The zero-order valence-corrected chi connectivity index (χ0v) is 25.4. The molecule has 0 aliphatic carbocycles. The summed E-state index contributed by atoms with van der Waals surface area (Å²) in [6.45, 7) is 28.4. The van der Waals surface area contributed by atoms with Gasteiger partial charge >= 0.3 is 6.09 Å². The van der Waals surface area contributed by atoms with Crippen LogP contribution in [-0.4, -0.2) is 41.0 Å². The van der Waals surface area contributed by atoms with Crippen LogP contribution in [0.1, 0.15) is 67.9 Å². The van der Waals surface area contributed by atoms with Gasteiger partial charge in [-0.25, -0.2) is 4.79 Å². The summed E-state index contributed by atoms with van der Waals surface area (Å²) in [5.41, 5.74) is 0.579. The number of carbonyl (C=O) groups excluding carboxylic acids is 1. The van der Waals surface area contributed by atoms with Gasteiger partial charge in [0.25, 0.3) is 0 Å². The van der Waals surface area contributed by atoms with Crippen molar-refractivity contribution in [2.75, 3.05) is 6.61 Å². The summed E-state index contributed by atoms with van der Waals surface area (Å²) < 4.78 is 18.3. The van der Waals surface area contributed by atoms with E-state index in [1.54, 1.807) is 0 Å². The maximum absolute atomic E-state index is 12.5. The molecule has 0 radical (unpaired) electrons. The topological polar surface area (TPSA) is 56.8 Å². The Morgan fingerprint density at radius 2 is 1.33 bits per heavy atom.